The van der Waals surface area contributed by atoms with Crippen LogP contribution in [0.3, 0.4) is 0 Å². The predicted octanol–water partition coefficient (Wildman–Crippen LogP) is 3.05. The van der Waals surface area contributed by atoms with Crippen LogP contribution in [0.1, 0.15) is 25.0 Å². The number of nitrogens with one attached hydrogen (secondary N) is 1. The molecule has 0 radical (unpaired) electrons. The molecule has 0 heterocycles. The van der Waals surface area contributed by atoms with Gasteiger partial charge in [0.1, 0.15) is 0 Å². The van der Waals surface area contributed by atoms with Gasteiger partial charge in [-0.15, -0.1) is 0 Å². The fourth-order valence-corrected chi connectivity index (χ4v) is 3.05. The van der Waals surface area contributed by atoms with Crippen molar-refractivity contribution in [3.8, 4) is 0 Å². The topological polar surface area (TPSA) is 66.4 Å². The lowest BCUT2D eigenvalue weighted by atomic mass is 9.97. The lowest BCUT2D eigenvalue weighted by Crippen LogP contribution is -2.23. The van der Waals surface area contributed by atoms with E-state index in [4.69, 9.17) is 11.6 Å². The maximum absolute atomic E-state index is 12.1. The molecule has 0 aliphatic rings. The maximum atomic E-state index is 12.1. The average Bonchev–Trinajstić information content (AvgIpc) is 2.45. The number of aliphatic hydroxyl groups is 1. The minimum atomic E-state index is -3.57. The van der Waals surface area contributed by atoms with Gasteiger partial charge in [0.2, 0.25) is 10.0 Å². The Morgan fingerprint density at radius 2 is 1.59 bits per heavy atom. The van der Waals surface area contributed by atoms with Crippen molar-refractivity contribution >= 4 is 21.6 Å². The molecule has 0 aromatic heterocycles. The molecule has 22 heavy (non-hydrogen) atoms. The highest BCUT2D eigenvalue weighted by Gasteiger charge is 2.16. The van der Waals surface area contributed by atoms with E-state index in [0.29, 0.717) is 5.02 Å². The van der Waals surface area contributed by atoms with Crippen LogP contribution in [0.25, 0.3) is 0 Å². The first-order valence-electron chi connectivity index (χ1n) is 6.75. The zero-order chi connectivity index (χ0) is 16.4. The van der Waals surface area contributed by atoms with Crippen LogP contribution in [0.5, 0.6) is 0 Å². The molecular weight excluding hydrogens is 322 g/mol. The molecule has 2 aromatic carbocycles. The van der Waals surface area contributed by atoms with E-state index in [9.17, 15) is 13.5 Å². The van der Waals surface area contributed by atoms with E-state index in [1.165, 1.54) is 24.3 Å². The predicted molar refractivity (Wildman–Crippen MR) is 87.2 cm³/mol. The molecule has 0 aliphatic heterocycles. The first kappa shape index (κ1) is 17.0. The van der Waals surface area contributed by atoms with Gasteiger partial charge in [0, 0.05) is 11.6 Å². The van der Waals surface area contributed by atoms with E-state index in [2.05, 4.69) is 4.72 Å². The largest absolute Gasteiger partial charge is 0.386 e. The standard InChI is InChI=1S/C16H18ClNO3S/c1-16(2,19)13-5-3-12(4-6-13)11-18-22(20,21)15-9-7-14(17)8-10-15/h3-10,18-19H,11H2,1-2H3. The Kier molecular flexibility index (Phi) is 4.92. The van der Waals surface area contributed by atoms with E-state index in [1.54, 1.807) is 38.1 Å². The normalized spacial score (nSPS) is 12.4. The van der Waals surface area contributed by atoms with Gasteiger partial charge in [-0.05, 0) is 49.2 Å². The SMILES string of the molecule is CC(C)(O)c1ccc(CNS(=O)(=O)c2ccc(Cl)cc2)cc1. The van der Waals surface area contributed by atoms with Crippen molar-refractivity contribution in [2.24, 2.45) is 0 Å². The van der Waals surface area contributed by atoms with Gasteiger partial charge in [-0.2, -0.15) is 0 Å². The number of sulfonamides is 1. The number of hydrogen-bond donors (Lipinski definition) is 2. The van der Waals surface area contributed by atoms with E-state index in [0.717, 1.165) is 11.1 Å². The van der Waals surface area contributed by atoms with Crippen molar-refractivity contribution in [1.82, 2.24) is 4.72 Å². The lowest BCUT2D eigenvalue weighted by Gasteiger charge is -2.18. The smallest absolute Gasteiger partial charge is 0.240 e. The molecule has 4 nitrogen and oxygen atoms in total. The van der Waals surface area contributed by atoms with E-state index in [-0.39, 0.29) is 11.4 Å². The monoisotopic (exact) mass is 339 g/mol. The molecule has 2 N–H and O–H groups in total. The lowest BCUT2D eigenvalue weighted by molar-refractivity contribution is 0.0786. The highest BCUT2D eigenvalue weighted by molar-refractivity contribution is 7.89. The second kappa shape index (κ2) is 6.38. The van der Waals surface area contributed by atoms with Crippen LogP contribution in [0.15, 0.2) is 53.4 Å². The summed E-state index contributed by atoms with van der Waals surface area (Å²) >= 11 is 5.75. The van der Waals surface area contributed by atoms with Crippen molar-refractivity contribution in [3.63, 3.8) is 0 Å². The Balaban J connectivity index is 2.07. The Labute approximate surface area is 135 Å². The molecule has 0 bridgehead atoms. The van der Waals surface area contributed by atoms with Crippen molar-refractivity contribution in [2.45, 2.75) is 30.9 Å². The van der Waals surface area contributed by atoms with Crippen molar-refractivity contribution < 1.29 is 13.5 Å². The molecule has 0 saturated carbocycles. The molecule has 2 rings (SSSR count). The van der Waals surface area contributed by atoms with Crippen LogP contribution in [0, 0.1) is 0 Å². The van der Waals surface area contributed by atoms with Crippen molar-refractivity contribution in [1.29, 1.82) is 0 Å². The fraction of sp³-hybridized carbons (Fsp3) is 0.250. The molecule has 0 atom stereocenters. The number of hydrogen-bond acceptors (Lipinski definition) is 3. The van der Waals surface area contributed by atoms with Crippen LogP contribution in [-0.2, 0) is 22.2 Å². The van der Waals surface area contributed by atoms with Gasteiger partial charge in [-0.3, -0.25) is 0 Å². The summed E-state index contributed by atoms with van der Waals surface area (Å²) in [6.45, 7) is 3.58. The van der Waals surface area contributed by atoms with Gasteiger partial charge >= 0.3 is 0 Å². The fourth-order valence-electron chi connectivity index (χ4n) is 1.91. The molecular formula is C16H18ClNO3S. The van der Waals surface area contributed by atoms with Gasteiger partial charge in [0.05, 0.1) is 10.5 Å². The third-order valence-electron chi connectivity index (χ3n) is 3.25. The van der Waals surface area contributed by atoms with Crippen molar-refractivity contribution in [2.75, 3.05) is 0 Å². The molecule has 6 heteroatoms. The second-order valence-corrected chi connectivity index (χ2v) is 7.74. The first-order chi connectivity index (χ1) is 10.2. The summed E-state index contributed by atoms with van der Waals surface area (Å²) in [7, 11) is -3.57. The van der Waals surface area contributed by atoms with Crippen LogP contribution >= 0.6 is 11.6 Å². The minimum absolute atomic E-state index is 0.171. The molecule has 118 valence electrons. The van der Waals surface area contributed by atoms with E-state index in [1.807, 2.05) is 0 Å². The Morgan fingerprint density at radius 3 is 2.09 bits per heavy atom. The quantitative estimate of drug-likeness (QED) is 0.879. The van der Waals surface area contributed by atoms with Gasteiger partial charge in [0.15, 0.2) is 0 Å². The summed E-state index contributed by atoms with van der Waals surface area (Å²) < 4.78 is 26.8. The number of benzene rings is 2. The highest BCUT2D eigenvalue weighted by Crippen LogP contribution is 2.20. The number of halogens is 1. The first-order valence-corrected chi connectivity index (χ1v) is 8.62. The average molecular weight is 340 g/mol. The van der Waals surface area contributed by atoms with Crippen LogP contribution in [0.2, 0.25) is 5.02 Å². The molecule has 0 fully saturated rings. The van der Waals surface area contributed by atoms with Gasteiger partial charge in [-0.1, -0.05) is 35.9 Å². The van der Waals surface area contributed by atoms with E-state index >= 15 is 0 Å². The van der Waals surface area contributed by atoms with Crippen LogP contribution in [-0.4, -0.2) is 13.5 Å². The van der Waals surface area contributed by atoms with E-state index < -0.39 is 15.6 Å². The summed E-state index contributed by atoms with van der Waals surface area (Å²) in [5.41, 5.74) is 0.670. The maximum Gasteiger partial charge on any atom is 0.240 e. The van der Waals surface area contributed by atoms with Gasteiger partial charge in [-0.25, -0.2) is 13.1 Å². The van der Waals surface area contributed by atoms with Crippen molar-refractivity contribution in [3.05, 3.63) is 64.7 Å². The molecule has 0 spiro atoms. The van der Waals surface area contributed by atoms with Crippen LogP contribution < -0.4 is 4.72 Å². The Bertz CT molecular complexity index is 732. The minimum Gasteiger partial charge on any atom is -0.386 e. The summed E-state index contributed by atoms with van der Waals surface area (Å²) in [6.07, 6.45) is 0. The Hall–Kier alpha value is -1.40. The third kappa shape index (κ3) is 4.30. The van der Waals surface area contributed by atoms with Gasteiger partial charge in [0.25, 0.3) is 0 Å². The summed E-state index contributed by atoms with van der Waals surface area (Å²) in [4.78, 5) is 0.171. The molecule has 0 unspecified atom stereocenters. The zero-order valence-electron chi connectivity index (χ0n) is 12.4. The molecule has 2 aromatic rings. The molecule has 0 aliphatic carbocycles. The number of rotatable bonds is 5. The van der Waals surface area contributed by atoms with Crippen LogP contribution in [0.4, 0.5) is 0 Å². The summed E-state index contributed by atoms with van der Waals surface area (Å²) in [6, 6.07) is 13.1. The van der Waals surface area contributed by atoms with Gasteiger partial charge < -0.3 is 5.11 Å². The summed E-state index contributed by atoms with van der Waals surface area (Å²) in [5.74, 6) is 0. The summed E-state index contributed by atoms with van der Waals surface area (Å²) in [5, 5.41) is 10.4. The zero-order valence-corrected chi connectivity index (χ0v) is 13.9. The Morgan fingerprint density at radius 1 is 1.05 bits per heavy atom. The molecule has 0 amide bonds. The second-order valence-electron chi connectivity index (χ2n) is 5.53. The highest BCUT2D eigenvalue weighted by atomic mass is 35.5. The third-order valence-corrected chi connectivity index (χ3v) is 4.92. The molecule has 0 saturated heterocycles.